The van der Waals surface area contributed by atoms with Crippen LogP contribution in [0.25, 0.3) is 0 Å². The summed E-state index contributed by atoms with van der Waals surface area (Å²) >= 11 is 0. The summed E-state index contributed by atoms with van der Waals surface area (Å²) < 4.78 is 23.6. The molecule has 0 aromatic heterocycles. The summed E-state index contributed by atoms with van der Waals surface area (Å²) in [6.45, 7) is 1.81. The number of hydrogen-bond acceptors (Lipinski definition) is 1. The predicted octanol–water partition coefficient (Wildman–Crippen LogP) is 1.95. The van der Waals surface area contributed by atoms with E-state index in [0.29, 0.717) is 10.6 Å². The Morgan fingerprint density at radius 1 is 1.55 bits per heavy atom. The first kappa shape index (κ1) is 8.40. The Labute approximate surface area is 67.7 Å². The van der Waals surface area contributed by atoms with E-state index in [4.69, 9.17) is 0 Å². The van der Waals surface area contributed by atoms with Gasteiger partial charge < -0.3 is 0 Å². The van der Waals surface area contributed by atoms with Crippen LogP contribution in [-0.2, 0) is 10.8 Å². The topological polar surface area (TPSA) is 17.1 Å². The molecule has 0 spiro atoms. The lowest BCUT2D eigenvalue weighted by molar-refractivity contribution is 0.622. The van der Waals surface area contributed by atoms with Gasteiger partial charge in [0.15, 0.2) is 0 Å². The van der Waals surface area contributed by atoms with Crippen molar-refractivity contribution in [3.63, 3.8) is 0 Å². The first-order valence-corrected chi connectivity index (χ1v) is 4.70. The molecule has 0 saturated carbocycles. The van der Waals surface area contributed by atoms with Gasteiger partial charge in [-0.2, -0.15) is 0 Å². The molecule has 0 aliphatic rings. The Morgan fingerprint density at radius 2 is 2.27 bits per heavy atom. The van der Waals surface area contributed by atoms with Crippen molar-refractivity contribution in [3.05, 3.63) is 30.1 Å². The third-order valence-corrected chi connectivity index (χ3v) is 2.63. The molecule has 0 aliphatic heterocycles. The molecule has 0 saturated heterocycles. The monoisotopic (exact) mass is 172 g/mol. The highest BCUT2D eigenvalue weighted by Gasteiger charge is 2.00. The van der Waals surface area contributed by atoms with E-state index in [1.807, 2.05) is 0 Å². The van der Waals surface area contributed by atoms with Gasteiger partial charge >= 0.3 is 0 Å². The minimum atomic E-state index is -1.04. The molecule has 11 heavy (non-hydrogen) atoms. The fourth-order valence-corrected chi connectivity index (χ4v) is 1.58. The summed E-state index contributed by atoms with van der Waals surface area (Å²) in [5.74, 6) is 0.202. The smallest absolute Gasteiger partial charge is 0.124 e. The fourth-order valence-electron chi connectivity index (χ4n) is 0.775. The van der Waals surface area contributed by atoms with E-state index in [1.54, 1.807) is 19.1 Å². The highest BCUT2D eigenvalue weighted by atomic mass is 32.2. The predicted molar refractivity (Wildman–Crippen MR) is 43.3 cm³/mol. The lowest BCUT2D eigenvalue weighted by Gasteiger charge is -1.96. The molecule has 0 amide bonds. The molecule has 3 heteroatoms. The normalized spacial score (nSPS) is 12.9. The molecule has 0 unspecified atom stereocenters. The van der Waals surface area contributed by atoms with Crippen molar-refractivity contribution in [1.82, 2.24) is 0 Å². The molecule has 1 atom stereocenters. The van der Waals surface area contributed by atoms with Crippen molar-refractivity contribution in [1.29, 1.82) is 0 Å². The van der Waals surface area contributed by atoms with Crippen molar-refractivity contribution < 1.29 is 8.60 Å². The van der Waals surface area contributed by atoms with Gasteiger partial charge in [0, 0.05) is 10.6 Å². The average molecular weight is 172 g/mol. The van der Waals surface area contributed by atoms with Crippen LogP contribution in [0, 0.1) is 5.82 Å². The van der Waals surface area contributed by atoms with Crippen LogP contribution in [0.15, 0.2) is 29.2 Å². The number of halogens is 1. The lowest BCUT2D eigenvalue weighted by atomic mass is 10.4. The van der Waals surface area contributed by atoms with E-state index in [-0.39, 0.29) is 5.82 Å². The maximum absolute atomic E-state index is 12.5. The van der Waals surface area contributed by atoms with E-state index in [9.17, 15) is 8.60 Å². The van der Waals surface area contributed by atoms with Gasteiger partial charge in [0.1, 0.15) is 5.82 Å². The standard InChI is InChI=1S/C8H9FOS/c1-2-11(10)8-5-3-4-7(9)6-8/h3-6H,2H2,1H3/t11-/m1/s1. The molecule has 0 heterocycles. The summed E-state index contributed by atoms with van der Waals surface area (Å²) in [6, 6.07) is 5.89. The van der Waals surface area contributed by atoms with E-state index in [2.05, 4.69) is 0 Å². The highest BCUT2D eigenvalue weighted by Crippen LogP contribution is 2.07. The van der Waals surface area contributed by atoms with Crippen LogP contribution >= 0.6 is 0 Å². The molecule has 1 aromatic rings. The molecule has 0 N–H and O–H groups in total. The molecular formula is C8H9FOS. The average Bonchev–Trinajstić information content (AvgIpc) is 2.03. The Hall–Kier alpha value is -0.700. The molecular weight excluding hydrogens is 163 g/mol. The minimum absolute atomic E-state index is 0.329. The maximum Gasteiger partial charge on any atom is 0.124 e. The Kier molecular flexibility index (Phi) is 2.76. The molecule has 1 aromatic carbocycles. The second-order valence-electron chi connectivity index (χ2n) is 2.09. The molecule has 0 radical (unpaired) electrons. The molecule has 0 bridgehead atoms. The fraction of sp³-hybridized carbons (Fsp3) is 0.250. The minimum Gasteiger partial charge on any atom is -0.254 e. The molecule has 0 fully saturated rings. The first-order chi connectivity index (χ1) is 5.24. The number of hydrogen-bond donors (Lipinski definition) is 0. The van der Waals surface area contributed by atoms with Crippen LogP contribution < -0.4 is 0 Å². The third-order valence-electron chi connectivity index (χ3n) is 1.32. The summed E-state index contributed by atoms with van der Waals surface area (Å²) in [7, 11) is -1.04. The maximum atomic E-state index is 12.5. The van der Waals surface area contributed by atoms with Crippen LogP contribution in [0.5, 0.6) is 0 Å². The first-order valence-electron chi connectivity index (χ1n) is 3.38. The highest BCUT2D eigenvalue weighted by molar-refractivity contribution is 7.85. The van der Waals surface area contributed by atoms with Gasteiger partial charge in [-0.25, -0.2) is 4.39 Å². The summed E-state index contributed by atoms with van der Waals surface area (Å²) in [6.07, 6.45) is 0. The van der Waals surface area contributed by atoms with Gasteiger partial charge in [-0.3, -0.25) is 4.21 Å². The Balaban J connectivity index is 2.96. The van der Waals surface area contributed by atoms with E-state index in [1.165, 1.54) is 12.1 Å². The summed E-state index contributed by atoms with van der Waals surface area (Å²) in [5.41, 5.74) is 0. The van der Waals surface area contributed by atoms with Crippen LogP contribution in [0.4, 0.5) is 4.39 Å². The van der Waals surface area contributed by atoms with Gasteiger partial charge in [0.05, 0.1) is 10.8 Å². The zero-order valence-electron chi connectivity index (χ0n) is 6.21. The van der Waals surface area contributed by atoms with Gasteiger partial charge in [0.25, 0.3) is 0 Å². The van der Waals surface area contributed by atoms with Crippen molar-refractivity contribution >= 4 is 10.8 Å². The zero-order valence-corrected chi connectivity index (χ0v) is 7.03. The van der Waals surface area contributed by atoms with Gasteiger partial charge in [0.2, 0.25) is 0 Å². The lowest BCUT2D eigenvalue weighted by Crippen LogP contribution is -1.93. The van der Waals surface area contributed by atoms with Gasteiger partial charge in [-0.15, -0.1) is 0 Å². The van der Waals surface area contributed by atoms with Crippen molar-refractivity contribution in [3.8, 4) is 0 Å². The number of benzene rings is 1. The van der Waals surface area contributed by atoms with Crippen LogP contribution in [-0.4, -0.2) is 9.96 Å². The van der Waals surface area contributed by atoms with Gasteiger partial charge in [-0.05, 0) is 18.2 Å². The number of rotatable bonds is 2. The molecule has 1 rings (SSSR count). The molecule has 60 valence electrons. The van der Waals surface area contributed by atoms with Crippen molar-refractivity contribution in [2.45, 2.75) is 11.8 Å². The second-order valence-corrected chi connectivity index (χ2v) is 3.83. The van der Waals surface area contributed by atoms with Gasteiger partial charge in [-0.1, -0.05) is 13.0 Å². The Morgan fingerprint density at radius 3 is 2.82 bits per heavy atom. The summed E-state index contributed by atoms with van der Waals surface area (Å²) in [5, 5.41) is 0. The third kappa shape index (κ3) is 2.12. The van der Waals surface area contributed by atoms with Crippen LogP contribution in [0.2, 0.25) is 0 Å². The van der Waals surface area contributed by atoms with Crippen LogP contribution in [0.3, 0.4) is 0 Å². The van der Waals surface area contributed by atoms with Crippen molar-refractivity contribution in [2.24, 2.45) is 0 Å². The van der Waals surface area contributed by atoms with E-state index >= 15 is 0 Å². The largest absolute Gasteiger partial charge is 0.254 e. The van der Waals surface area contributed by atoms with E-state index < -0.39 is 10.8 Å². The quantitative estimate of drug-likeness (QED) is 0.666. The molecule has 0 aliphatic carbocycles. The van der Waals surface area contributed by atoms with Crippen LogP contribution in [0.1, 0.15) is 6.92 Å². The molecule has 1 nitrogen and oxygen atoms in total. The summed E-state index contributed by atoms with van der Waals surface area (Å²) in [4.78, 5) is 0.563. The van der Waals surface area contributed by atoms with E-state index in [0.717, 1.165) is 0 Å². The zero-order chi connectivity index (χ0) is 8.27. The second kappa shape index (κ2) is 3.62. The van der Waals surface area contributed by atoms with Crippen molar-refractivity contribution in [2.75, 3.05) is 5.75 Å². The SMILES string of the molecule is CC[S@@](=O)c1cccc(F)c1. The Bertz CT molecular complexity index is 273.